The van der Waals surface area contributed by atoms with Crippen LogP contribution in [0.15, 0.2) is 66.7 Å². The number of carbonyl (C=O) groups is 3. The van der Waals surface area contributed by atoms with Gasteiger partial charge >= 0.3 is 12.1 Å². The van der Waals surface area contributed by atoms with E-state index in [1.807, 2.05) is 36.4 Å². The second kappa shape index (κ2) is 9.76. The molecule has 8 heteroatoms. The van der Waals surface area contributed by atoms with Crippen molar-refractivity contribution < 1.29 is 29.3 Å². The molecule has 0 aromatic heterocycles. The van der Waals surface area contributed by atoms with Crippen LogP contribution in [0.5, 0.6) is 0 Å². The van der Waals surface area contributed by atoms with E-state index in [4.69, 9.17) is 9.84 Å². The summed E-state index contributed by atoms with van der Waals surface area (Å²) in [6, 6.07) is 20.8. The Labute approximate surface area is 196 Å². The number of hydrogen-bond acceptors (Lipinski definition) is 5. The van der Waals surface area contributed by atoms with E-state index in [0.29, 0.717) is 11.3 Å². The van der Waals surface area contributed by atoms with Gasteiger partial charge < -0.3 is 20.3 Å². The molecule has 0 radical (unpaired) electrons. The monoisotopic (exact) mass is 460 g/mol. The molecule has 0 bridgehead atoms. The van der Waals surface area contributed by atoms with Gasteiger partial charge in [-0.25, -0.2) is 9.59 Å². The molecule has 0 spiro atoms. The van der Waals surface area contributed by atoms with Gasteiger partial charge in [0.2, 0.25) is 0 Å². The van der Waals surface area contributed by atoms with Crippen LogP contribution in [0.25, 0.3) is 11.1 Å². The van der Waals surface area contributed by atoms with E-state index in [2.05, 4.69) is 22.8 Å². The van der Waals surface area contributed by atoms with Crippen molar-refractivity contribution in [1.29, 1.82) is 0 Å². The molecule has 1 aliphatic carbocycles. The summed E-state index contributed by atoms with van der Waals surface area (Å²) in [5, 5.41) is 23.0. The third-order valence-corrected chi connectivity index (χ3v) is 5.81. The van der Waals surface area contributed by atoms with Crippen molar-refractivity contribution in [3.8, 4) is 11.1 Å². The lowest BCUT2D eigenvalue weighted by molar-refractivity contribution is -0.146. The minimum absolute atomic E-state index is 0.0496. The first-order valence-corrected chi connectivity index (χ1v) is 10.8. The van der Waals surface area contributed by atoms with Crippen molar-refractivity contribution in [3.05, 3.63) is 89.0 Å². The summed E-state index contributed by atoms with van der Waals surface area (Å²) in [5.41, 5.74) is 5.92. The molecule has 0 saturated heterocycles. The number of fused-ring (bicyclic) bond motifs is 3. The maximum Gasteiger partial charge on any atom is 0.411 e. The fourth-order valence-electron chi connectivity index (χ4n) is 4.07. The van der Waals surface area contributed by atoms with Gasteiger partial charge in [0.25, 0.3) is 5.91 Å². The van der Waals surface area contributed by atoms with Gasteiger partial charge in [-0.05, 0) is 52.9 Å². The number of anilines is 1. The van der Waals surface area contributed by atoms with Crippen molar-refractivity contribution in [1.82, 2.24) is 5.32 Å². The lowest BCUT2D eigenvalue weighted by atomic mass is 9.98. The Hall–Kier alpha value is -4.17. The number of aliphatic carboxylic acids is 1. The van der Waals surface area contributed by atoms with Gasteiger partial charge in [0.15, 0.2) is 6.10 Å². The highest BCUT2D eigenvalue weighted by molar-refractivity contribution is 5.96. The zero-order valence-corrected chi connectivity index (χ0v) is 18.4. The number of carboxylic acids is 1. The van der Waals surface area contributed by atoms with Gasteiger partial charge in [0.1, 0.15) is 6.61 Å². The lowest BCUT2D eigenvalue weighted by Crippen LogP contribution is -2.36. The third-order valence-electron chi connectivity index (χ3n) is 5.81. The number of benzene rings is 3. The van der Waals surface area contributed by atoms with Crippen LogP contribution in [-0.2, 0) is 9.53 Å². The molecule has 0 fully saturated rings. The molecule has 4 N–H and O–H groups in total. The number of aryl methyl sites for hydroxylation is 1. The number of carboxylic acid groups (broad SMARTS) is 1. The first-order valence-electron chi connectivity index (χ1n) is 10.8. The van der Waals surface area contributed by atoms with E-state index in [0.717, 1.165) is 22.3 Å². The molecular weight excluding hydrogens is 436 g/mol. The van der Waals surface area contributed by atoms with Crippen LogP contribution in [0.3, 0.4) is 0 Å². The lowest BCUT2D eigenvalue weighted by Gasteiger charge is -2.15. The van der Waals surface area contributed by atoms with Crippen LogP contribution in [0.1, 0.15) is 33.0 Å². The SMILES string of the molecule is Cc1cc(C(=O)NC[C@H](O)C(=O)O)ccc1NC(=O)OCC1c2ccccc2-c2ccccc21. The Bertz CT molecular complexity index is 1210. The highest BCUT2D eigenvalue weighted by Crippen LogP contribution is 2.44. The highest BCUT2D eigenvalue weighted by Gasteiger charge is 2.29. The summed E-state index contributed by atoms with van der Waals surface area (Å²) in [6.07, 6.45) is -2.29. The number of aliphatic hydroxyl groups is 1. The van der Waals surface area contributed by atoms with Crippen LogP contribution < -0.4 is 10.6 Å². The molecule has 0 aliphatic heterocycles. The summed E-state index contributed by atoms with van der Waals surface area (Å²) >= 11 is 0. The predicted molar refractivity (Wildman–Crippen MR) is 126 cm³/mol. The van der Waals surface area contributed by atoms with E-state index in [-0.39, 0.29) is 18.1 Å². The van der Waals surface area contributed by atoms with E-state index in [1.165, 1.54) is 6.07 Å². The van der Waals surface area contributed by atoms with Crippen molar-refractivity contribution in [2.24, 2.45) is 0 Å². The molecule has 0 heterocycles. The summed E-state index contributed by atoms with van der Waals surface area (Å²) in [5.74, 6) is -2.00. The predicted octanol–water partition coefficient (Wildman–Crippen LogP) is 3.53. The normalized spacial score (nSPS) is 12.9. The number of rotatable bonds is 7. The van der Waals surface area contributed by atoms with Crippen LogP contribution in [-0.4, -0.2) is 47.4 Å². The maximum atomic E-state index is 12.5. The summed E-state index contributed by atoms with van der Waals surface area (Å²) in [7, 11) is 0. The Morgan fingerprint density at radius 3 is 2.18 bits per heavy atom. The van der Waals surface area contributed by atoms with E-state index < -0.39 is 30.6 Å². The van der Waals surface area contributed by atoms with Crippen molar-refractivity contribution in [2.75, 3.05) is 18.5 Å². The van der Waals surface area contributed by atoms with Crippen LogP contribution in [0, 0.1) is 6.92 Å². The smallest absolute Gasteiger partial charge is 0.411 e. The second-order valence-corrected chi connectivity index (χ2v) is 8.04. The average Bonchev–Trinajstić information content (AvgIpc) is 3.16. The van der Waals surface area contributed by atoms with Gasteiger partial charge in [-0.15, -0.1) is 0 Å². The molecule has 3 aromatic rings. The number of carbonyl (C=O) groups excluding carboxylic acids is 2. The number of nitrogens with one attached hydrogen (secondary N) is 2. The van der Waals surface area contributed by atoms with Gasteiger partial charge in [-0.1, -0.05) is 48.5 Å². The van der Waals surface area contributed by atoms with Gasteiger partial charge in [-0.2, -0.15) is 0 Å². The number of aliphatic hydroxyl groups excluding tert-OH is 1. The van der Waals surface area contributed by atoms with Crippen molar-refractivity contribution in [3.63, 3.8) is 0 Å². The van der Waals surface area contributed by atoms with Crippen LogP contribution in [0.4, 0.5) is 10.5 Å². The topological polar surface area (TPSA) is 125 Å². The standard InChI is InChI=1S/C26H24N2O6/c1-15-12-16(24(30)27-13-23(29)25(31)32)10-11-22(15)28-26(33)34-14-21-19-8-4-2-6-17(19)18-7-3-5-9-20(18)21/h2-12,21,23,29H,13-14H2,1H3,(H,27,30)(H,28,33)(H,31,32)/t23-/m0/s1. The molecule has 174 valence electrons. The molecule has 8 nitrogen and oxygen atoms in total. The van der Waals surface area contributed by atoms with Gasteiger partial charge in [-0.3, -0.25) is 10.1 Å². The molecule has 4 rings (SSSR count). The van der Waals surface area contributed by atoms with E-state index >= 15 is 0 Å². The summed E-state index contributed by atoms with van der Waals surface area (Å²) in [6.45, 7) is 1.50. The second-order valence-electron chi connectivity index (χ2n) is 8.04. The van der Waals surface area contributed by atoms with Crippen molar-refractivity contribution in [2.45, 2.75) is 18.9 Å². The van der Waals surface area contributed by atoms with Gasteiger partial charge in [0, 0.05) is 17.2 Å². The fraction of sp³-hybridized carbons (Fsp3) is 0.192. The number of hydrogen-bond donors (Lipinski definition) is 4. The Balaban J connectivity index is 1.37. The van der Waals surface area contributed by atoms with Crippen LogP contribution >= 0.6 is 0 Å². The van der Waals surface area contributed by atoms with Gasteiger partial charge in [0.05, 0.1) is 6.54 Å². The van der Waals surface area contributed by atoms with Crippen molar-refractivity contribution >= 4 is 23.7 Å². The highest BCUT2D eigenvalue weighted by atomic mass is 16.5. The molecule has 1 aliphatic rings. The first kappa shape index (κ1) is 23.0. The average molecular weight is 460 g/mol. The third kappa shape index (κ3) is 4.77. The van der Waals surface area contributed by atoms with E-state index in [1.54, 1.807) is 19.1 Å². The Morgan fingerprint density at radius 2 is 1.59 bits per heavy atom. The zero-order valence-electron chi connectivity index (χ0n) is 18.4. The van der Waals surface area contributed by atoms with E-state index in [9.17, 15) is 19.5 Å². The summed E-state index contributed by atoms with van der Waals surface area (Å²) < 4.78 is 5.55. The molecular formula is C26H24N2O6. The van der Waals surface area contributed by atoms with Crippen LogP contribution in [0.2, 0.25) is 0 Å². The zero-order chi connectivity index (χ0) is 24.2. The molecule has 34 heavy (non-hydrogen) atoms. The minimum atomic E-state index is -1.68. The molecule has 2 amide bonds. The Kier molecular flexibility index (Phi) is 6.60. The molecule has 3 aromatic carbocycles. The largest absolute Gasteiger partial charge is 0.479 e. The Morgan fingerprint density at radius 1 is 0.971 bits per heavy atom. The molecule has 0 saturated carbocycles. The summed E-state index contributed by atoms with van der Waals surface area (Å²) in [4.78, 5) is 35.3. The minimum Gasteiger partial charge on any atom is -0.479 e. The quantitative estimate of drug-likeness (QED) is 0.428. The maximum absolute atomic E-state index is 12.5. The molecule has 0 unspecified atom stereocenters. The number of ether oxygens (including phenoxy) is 1. The first-order chi connectivity index (χ1) is 16.3. The fourth-order valence-corrected chi connectivity index (χ4v) is 4.07. The number of amides is 2. The molecule has 1 atom stereocenters.